The van der Waals surface area contributed by atoms with E-state index >= 15 is 0 Å². The molecule has 1 spiro atoms. The maximum absolute atomic E-state index is 13.3. The van der Waals surface area contributed by atoms with Crippen LogP contribution in [-0.2, 0) is 9.59 Å². The normalized spacial score (nSPS) is 18.2. The molecule has 2 aromatic rings. The molecule has 4 nitrogen and oxygen atoms in total. The van der Waals surface area contributed by atoms with Crippen LogP contribution >= 0.6 is 0 Å². The molecule has 1 aliphatic carbocycles. The quantitative estimate of drug-likeness (QED) is 0.491. The fourth-order valence-corrected chi connectivity index (χ4v) is 5.67. The van der Waals surface area contributed by atoms with Crippen LogP contribution in [0.25, 0.3) is 0 Å². The average molecular weight is 442 g/mol. The predicted octanol–water partition coefficient (Wildman–Crippen LogP) is 4.92. The molecule has 0 aromatic heterocycles. The molecule has 1 aliphatic heterocycles. The lowest BCUT2D eigenvalue weighted by atomic mass is 9.62. The minimum absolute atomic E-state index is 0.0189. The first-order valence-corrected chi connectivity index (χ1v) is 11.7. The number of benzene rings is 2. The topological polar surface area (TPSA) is 54.5 Å². The van der Waals surface area contributed by atoms with Crippen LogP contribution in [0.2, 0.25) is 0 Å². The van der Waals surface area contributed by atoms with Crippen molar-refractivity contribution in [2.24, 2.45) is 5.41 Å². The smallest absolute Gasteiger partial charge is 0.254 e. The Morgan fingerprint density at radius 2 is 1.52 bits per heavy atom. The molecule has 0 unspecified atom stereocenters. The third-order valence-electron chi connectivity index (χ3n) is 7.38. The standard InChI is InChI=1S/C29H31NO3/c1-5-8-22-15-20(3)26(21(4)16-22)27-24(31)17-29(18-25(27)32)11-13-30(14-12-29)28(33)23-10-7-6-9-19(23)2/h6-7,9-10,15-16,27H,11-14,17-18H2,1-4H3. The first-order valence-electron chi connectivity index (χ1n) is 11.7. The number of aryl methyl sites for hydroxylation is 3. The van der Waals surface area contributed by atoms with Gasteiger partial charge in [0.05, 0.1) is 0 Å². The molecule has 0 radical (unpaired) electrons. The minimum Gasteiger partial charge on any atom is -0.339 e. The summed E-state index contributed by atoms with van der Waals surface area (Å²) < 4.78 is 0. The predicted molar refractivity (Wildman–Crippen MR) is 129 cm³/mol. The van der Waals surface area contributed by atoms with E-state index in [1.165, 1.54) is 0 Å². The molecular weight excluding hydrogens is 410 g/mol. The lowest BCUT2D eigenvalue weighted by Crippen LogP contribution is -2.48. The number of carbonyl (C=O) groups excluding carboxylic acids is 3. The van der Waals surface area contributed by atoms with Gasteiger partial charge in [-0.1, -0.05) is 24.1 Å². The van der Waals surface area contributed by atoms with Gasteiger partial charge in [-0.2, -0.15) is 0 Å². The van der Waals surface area contributed by atoms with E-state index in [1.54, 1.807) is 6.92 Å². The monoisotopic (exact) mass is 441 g/mol. The van der Waals surface area contributed by atoms with E-state index in [1.807, 2.05) is 62.1 Å². The van der Waals surface area contributed by atoms with Crippen molar-refractivity contribution in [3.63, 3.8) is 0 Å². The second-order valence-corrected chi connectivity index (χ2v) is 9.73. The maximum Gasteiger partial charge on any atom is 0.254 e. The highest BCUT2D eigenvalue weighted by Gasteiger charge is 2.47. The van der Waals surface area contributed by atoms with Crippen LogP contribution in [0.5, 0.6) is 0 Å². The molecule has 0 atom stereocenters. The Bertz CT molecular complexity index is 1150. The van der Waals surface area contributed by atoms with Gasteiger partial charge in [0.25, 0.3) is 5.91 Å². The first kappa shape index (κ1) is 23.0. The van der Waals surface area contributed by atoms with Crippen molar-refractivity contribution in [1.29, 1.82) is 0 Å². The van der Waals surface area contributed by atoms with E-state index in [2.05, 4.69) is 11.8 Å². The molecule has 1 saturated heterocycles. The number of hydrogen-bond acceptors (Lipinski definition) is 3. The summed E-state index contributed by atoms with van der Waals surface area (Å²) in [4.78, 5) is 41.6. The zero-order chi connectivity index (χ0) is 23.8. The fraction of sp³-hybridized carbons (Fsp3) is 0.414. The molecule has 2 aromatic carbocycles. The molecule has 4 rings (SSSR count). The molecule has 1 heterocycles. The second kappa shape index (κ2) is 8.98. The summed E-state index contributed by atoms with van der Waals surface area (Å²) in [7, 11) is 0. The van der Waals surface area contributed by atoms with E-state index in [0.29, 0.717) is 38.8 Å². The van der Waals surface area contributed by atoms with Gasteiger partial charge in [0.15, 0.2) is 0 Å². The van der Waals surface area contributed by atoms with Gasteiger partial charge < -0.3 is 4.90 Å². The summed E-state index contributed by atoms with van der Waals surface area (Å²) >= 11 is 0. The summed E-state index contributed by atoms with van der Waals surface area (Å²) in [6.07, 6.45) is 2.20. The highest BCUT2D eigenvalue weighted by molar-refractivity contribution is 6.10. The lowest BCUT2D eigenvalue weighted by Gasteiger charge is -2.45. The van der Waals surface area contributed by atoms with E-state index in [9.17, 15) is 14.4 Å². The van der Waals surface area contributed by atoms with Gasteiger partial charge in [0, 0.05) is 37.1 Å². The summed E-state index contributed by atoms with van der Waals surface area (Å²) in [6, 6.07) is 11.6. The van der Waals surface area contributed by atoms with E-state index in [-0.39, 0.29) is 22.9 Å². The van der Waals surface area contributed by atoms with Gasteiger partial charge in [-0.15, -0.1) is 5.92 Å². The number of amides is 1. The van der Waals surface area contributed by atoms with Crippen molar-refractivity contribution in [3.8, 4) is 11.8 Å². The molecule has 0 bridgehead atoms. The van der Waals surface area contributed by atoms with Gasteiger partial charge in [0.1, 0.15) is 17.5 Å². The number of ketones is 2. The Labute approximate surface area is 196 Å². The Morgan fingerprint density at radius 3 is 2.06 bits per heavy atom. The van der Waals surface area contributed by atoms with Crippen molar-refractivity contribution >= 4 is 17.5 Å². The van der Waals surface area contributed by atoms with E-state index < -0.39 is 5.92 Å². The fourth-order valence-electron chi connectivity index (χ4n) is 5.67. The number of Topliss-reactive ketones (excluding diaryl/α,β-unsaturated/α-hetero) is 2. The summed E-state index contributed by atoms with van der Waals surface area (Å²) in [5, 5.41) is 0. The second-order valence-electron chi connectivity index (χ2n) is 9.73. The SMILES string of the molecule is CC#Cc1cc(C)c(C2C(=O)CC3(CCN(C(=O)c4ccccc4C)CC3)CC2=O)c(C)c1. The summed E-state index contributed by atoms with van der Waals surface area (Å²) in [6.45, 7) is 8.84. The Balaban J connectivity index is 1.50. The minimum atomic E-state index is -0.675. The number of carbonyl (C=O) groups is 3. The van der Waals surface area contributed by atoms with E-state index in [0.717, 1.165) is 33.4 Å². The van der Waals surface area contributed by atoms with Crippen LogP contribution in [0.3, 0.4) is 0 Å². The average Bonchev–Trinajstić information content (AvgIpc) is 2.76. The summed E-state index contributed by atoms with van der Waals surface area (Å²) in [5.41, 5.74) is 5.05. The largest absolute Gasteiger partial charge is 0.339 e. The van der Waals surface area contributed by atoms with Crippen molar-refractivity contribution in [1.82, 2.24) is 4.90 Å². The van der Waals surface area contributed by atoms with Crippen LogP contribution in [-0.4, -0.2) is 35.5 Å². The lowest BCUT2D eigenvalue weighted by molar-refractivity contribution is -0.138. The Hall–Kier alpha value is -3.19. The van der Waals surface area contributed by atoms with Crippen LogP contribution in [0.4, 0.5) is 0 Å². The number of rotatable bonds is 2. The molecule has 33 heavy (non-hydrogen) atoms. The van der Waals surface area contributed by atoms with E-state index in [4.69, 9.17) is 0 Å². The highest BCUT2D eigenvalue weighted by atomic mass is 16.2. The number of hydrogen-bond donors (Lipinski definition) is 0. The third-order valence-corrected chi connectivity index (χ3v) is 7.38. The molecule has 1 saturated carbocycles. The van der Waals surface area contributed by atoms with Crippen LogP contribution in [0.1, 0.15) is 76.7 Å². The Morgan fingerprint density at radius 1 is 0.939 bits per heavy atom. The maximum atomic E-state index is 13.3. The van der Waals surface area contributed by atoms with Crippen molar-refractivity contribution in [3.05, 3.63) is 69.8 Å². The van der Waals surface area contributed by atoms with Crippen molar-refractivity contribution < 1.29 is 14.4 Å². The van der Waals surface area contributed by atoms with Gasteiger partial charge in [-0.05, 0) is 86.4 Å². The van der Waals surface area contributed by atoms with Crippen molar-refractivity contribution in [2.45, 2.75) is 59.3 Å². The van der Waals surface area contributed by atoms with Crippen LogP contribution in [0.15, 0.2) is 36.4 Å². The molecule has 2 aliphatic rings. The van der Waals surface area contributed by atoms with Crippen LogP contribution < -0.4 is 0 Å². The van der Waals surface area contributed by atoms with Gasteiger partial charge >= 0.3 is 0 Å². The molecule has 170 valence electrons. The van der Waals surface area contributed by atoms with Crippen LogP contribution in [0, 0.1) is 38.0 Å². The van der Waals surface area contributed by atoms with Crippen molar-refractivity contribution in [2.75, 3.05) is 13.1 Å². The number of piperidine rings is 1. The zero-order valence-corrected chi connectivity index (χ0v) is 20.0. The third kappa shape index (κ3) is 4.37. The Kier molecular flexibility index (Phi) is 6.26. The molecule has 0 N–H and O–H groups in total. The molecular formula is C29H31NO3. The number of nitrogens with zero attached hydrogens (tertiary/aromatic N) is 1. The molecule has 2 fully saturated rings. The molecule has 4 heteroatoms. The summed E-state index contributed by atoms with van der Waals surface area (Å²) in [5.74, 6) is 5.37. The zero-order valence-electron chi connectivity index (χ0n) is 20.0. The highest BCUT2D eigenvalue weighted by Crippen LogP contribution is 2.46. The van der Waals surface area contributed by atoms with Gasteiger partial charge in [-0.3, -0.25) is 14.4 Å². The van der Waals surface area contributed by atoms with Gasteiger partial charge in [0.2, 0.25) is 0 Å². The number of likely N-dealkylation sites (tertiary alicyclic amines) is 1. The van der Waals surface area contributed by atoms with Gasteiger partial charge in [-0.25, -0.2) is 0 Å². The molecule has 1 amide bonds. The first-order chi connectivity index (χ1) is 15.7.